The quantitative estimate of drug-likeness (QED) is 0.864. The molecule has 5 heteroatoms. The minimum Gasteiger partial charge on any atom is -0.478 e. The Labute approximate surface area is 120 Å². The molecular formula is C15H23N3O2. The SMILES string of the molecule is CCN1CCC(CNc2cc(C)ncc2C(=O)O)CC1. The normalized spacial score (nSPS) is 17.1. The summed E-state index contributed by atoms with van der Waals surface area (Å²) >= 11 is 0. The average Bonchev–Trinajstić information content (AvgIpc) is 2.45. The summed E-state index contributed by atoms with van der Waals surface area (Å²) in [5.74, 6) is -0.311. The van der Waals surface area contributed by atoms with E-state index in [0.717, 1.165) is 31.9 Å². The number of aromatic carboxylic acids is 1. The maximum Gasteiger partial charge on any atom is 0.339 e. The Hall–Kier alpha value is -1.62. The molecule has 1 aliphatic heterocycles. The van der Waals surface area contributed by atoms with Crippen molar-refractivity contribution < 1.29 is 9.90 Å². The Morgan fingerprint density at radius 2 is 2.20 bits per heavy atom. The number of aryl methyl sites for hydroxylation is 1. The second kappa shape index (κ2) is 6.70. The molecule has 0 amide bonds. The minimum absolute atomic E-state index is 0.251. The minimum atomic E-state index is -0.930. The van der Waals surface area contributed by atoms with Crippen molar-refractivity contribution in [3.63, 3.8) is 0 Å². The molecule has 1 aromatic heterocycles. The van der Waals surface area contributed by atoms with Crippen molar-refractivity contribution in [2.75, 3.05) is 31.5 Å². The Morgan fingerprint density at radius 3 is 2.80 bits per heavy atom. The number of rotatable bonds is 5. The lowest BCUT2D eigenvalue weighted by atomic mass is 9.96. The molecular weight excluding hydrogens is 254 g/mol. The van der Waals surface area contributed by atoms with E-state index >= 15 is 0 Å². The van der Waals surface area contributed by atoms with E-state index in [0.29, 0.717) is 11.6 Å². The molecule has 0 aromatic carbocycles. The zero-order chi connectivity index (χ0) is 14.5. The van der Waals surface area contributed by atoms with Crippen LogP contribution < -0.4 is 5.32 Å². The van der Waals surface area contributed by atoms with E-state index in [1.54, 1.807) is 0 Å². The van der Waals surface area contributed by atoms with Crippen LogP contribution in [0.5, 0.6) is 0 Å². The van der Waals surface area contributed by atoms with Gasteiger partial charge in [-0.1, -0.05) is 6.92 Å². The summed E-state index contributed by atoms with van der Waals surface area (Å²) in [6.07, 6.45) is 3.78. The zero-order valence-electron chi connectivity index (χ0n) is 12.2. The number of aromatic nitrogens is 1. The summed E-state index contributed by atoms with van der Waals surface area (Å²) in [6, 6.07) is 1.81. The van der Waals surface area contributed by atoms with Crippen molar-refractivity contribution >= 4 is 11.7 Å². The number of anilines is 1. The summed E-state index contributed by atoms with van der Waals surface area (Å²) in [6.45, 7) is 8.30. The molecule has 0 unspecified atom stereocenters. The van der Waals surface area contributed by atoms with Crippen LogP contribution in [0.1, 0.15) is 35.8 Å². The van der Waals surface area contributed by atoms with Gasteiger partial charge < -0.3 is 15.3 Å². The standard InChI is InChI=1S/C15H23N3O2/c1-3-18-6-4-12(5-7-18)9-17-14-8-11(2)16-10-13(14)15(19)20/h8,10,12H,3-7,9H2,1-2H3,(H,16,17)(H,19,20). The van der Waals surface area contributed by atoms with Gasteiger partial charge >= 0.3 is 5.97 Å². The molecule has 0 spiro atoms. The van der Waals surface area contributed by atoms with Gasteiger partial charge in [0.1, 0.15) is 5.56 Å². The molecule has 0 aliphatic carbocycles. The molecule has 1 saturated heterocycles. The number of carbonyl (C=O) groups is 1. The van der Waals surface area contributed by atoms with Gasteiger partial charge in [-0.15, -0.1) is 0 Å². The van der Waals surface area contributed by atoms with Gasteiger partial charge in [-0.25, -0.2) is 4.79 Å². The number of piperidine rings is 1. The van der Waals surface area contributed by atoms with Crippen LogP contribution in [0.3, 0.4) is 0 Å². The lowest BCUT2D eigenvalue weighted by molar-refractivity contribution is 0.0697. The molecule has 2 heterocycles. The maximum absolute atomic E-state index is 11.2. The van der Waals surface area contributed by atoms with Crippen molar-refractivity contribution in [3.05, 3.63) is 23.5 Å². The van der Waals surface area contributed by atoms with E-state index in [-0.39, 0.29) is 5.56 Å². The van der Waals surface area contributed by atoms with Crippen molar-refractivity contribution in [2.45, 2.75) is 26.7 Å². The first kappa shape index (κ1) is 14.8. The number of nitrogens with one attached hydrogen (secondary N) is 1. The molecule has 20 heavy (non-hydrogen) atoms. The fourth-order valence-electron chi connectivity index (χ4n) is 2.64. The average molecular weight is 277 g/mol. The molecule has 0 saturated carbocycles. The molecule has 1 aliphatic rings. The van der Waals surface area contributed by atoms with Gasteiger partial charge in [0.25, 0.3) is 0 Å². The largest absolute Gasteiger partial charge is 0.478 e. The first-order valence-electron chi connectivity index (χ1n) is 7.26. The van der Waals surface area contributed by atoms with Gasteiger partial charge in [0, 0.05) is 18.4 Å². The molecule has 1 fully saturated rings. The number of hydrogen-bond acceptors (Lipinski definition) is 4. The van der Waals surface area contributed by atoms with Crippen molar-refractivity contribution in [1.29, 1.82) is 0 Å². The molecule has 2 N–H and O–H groups in total. The van der Waals surface area contributed by atoms with Gasteiger partial charge in [-0.2, -0.15) is 0 Å². The summed E-state index contributed by atoms with van der Waals surface area (Å²) in [7, 11) is 0. The molecule has 0 bridgehead atoms. The number of likely N-dealkylation sites (tertiary alicyclic amines) is 1. The van der Waals surface area contributed by atoms with Gasteiger partial charge in [-0.3, -0.25) is 4.98 Å². The zero-order valence-corrected chi connectivity index (χ0v) is 12.2. The number of nitrogens with zero attached hydrogens (tertiary/aromatic N) is 2. The molecule has 110 valence electrons. The number of carboxylic acid groups (broad SMARTS) is 1. The summed E-state index contributed by atoms with van der Waals surface area (Å²) < 4.78 is 0. The van der Waals surface area contributed by atoms with E-state index in [4.69, 9.17) is 0 Å². The van der Waals surface area contributed by atoms with Crippen LogP contribution in [0.2, 0.25) is 0 Å². The van der Waals surface area contributed by atoms with Gasteiger partial charge in [0.2, 0.25) is 0 Å². The van der Waals surface area contributed by atoms with Gasteiger partial charge in [0.05, 0.1) is 5.69 Å². The molecule has 2 rings (SSSR count). The van der Waals surface area contributed by atoms with Crippen molar-refractivity contribution in [2.24, 2.45) is 5.92 Å². The van der Waals surface area contributed by atoms with Crippen LogP contribution in [-0.2, 0) is 0 Å². The Bertz CT molecular complexity index is 468. The fourth-order valence-corrected chi connectivity index (χ4v) is 2.64. The number of carboxylic acids is 1. The van der Waals surface area contributed by atoms with Crippen molar-refractivity contribution in [1.82, 2.24) is 9.88 Å². The van der Waals surface area contributed by atoms with E-state index in [1.165, 1.54) is 19.0 Å². The van der Waals surface area contributed by atoms with E-state index in [9.17, 15) is 9.90 Å². The summed E-state index contributed by atoms with van der Waals surface area (Å²) in [5.41, 5.74) is 1.77. The second-order valence-corrected chi connectivity index (χ2v) is 5.43. The third-order valence-electron chi connectivity index (χ3n) is 4.01. The number of pyridine rings is 1. The lowest BCUT2D eigenvalue weighted by Gasteiger charge is -2.31. The second-order valence-electron chi connectivity index (χ2n) is 5.43. The summed E-state index contributed by atoms with van der Waals surface area (Å²) in [4.78, 5) is 17.7. The van der Waals surface area contributed by atoms with Crippen LogP contribution in [-0.4, -0.2) is 47.1 Å². The number of hydrogen-bond donors (Lipinski definition) is 2. The fraction of sp³-hybridized carbons (Fsp3) is 0.600. The molecule has 0 radical (unpaired) electrons. The maximum atomic E-state index is 11.2. The van der Waals surface area contributed by atoms with Crippen LogP contribution in [0, 0.1) is 12.8 Å². The molecule has 5 nitrogen and oxygen atoms in total. The third-order valence-corrected chi connectivity index (χ3v) is 4.01. The Morgan fingerprint density at radius 1 is 1.50 bits per heavy atom. The van der Waals surface area contributed by atoms with Gasteiger partial charge in [0.15, 0.2) is 0 Å². The lowest BCUT2D eigenvalue weighted by Crippen LogP contribution is -2.35. The highest BCUT2D eigenvalue weighted by atomic mass is 16.4. The topological polar surface area (TPSA) is 65.5 Å². The van der Waals surface area contributed by atoms with Crippen LogP contribution >= 0.6 is 0 Å². The van der Waals surface area contributed by atoms with Crippen molar-refractivity contribution in [3.8, 4) is 0 Å². The highest BCUT2D eigenvalue weighted by molar-refractivity contribution is 5.93. The molecule has 0 atom stereocenters. The Balaban J connectivity index is 1.94. The predicted octanol–water partition coefficient (Wildman–Crippen LogP) is 2.23. The Kier molecular flexibility index (Phi) is 4.95. The van der Waals surface area contributed by atoms with Crippen LogP contribution in [0.25, 0.3) is 0 Å². The monoisotopic (exact) mass is 277 g/mol. The smallest absolute Gasteiger partial charge is 0.339 e. The predicted molar refractivity (Wildman–Crippen MR) is 79.3 cm³/mol. The third kappa shape index (κ3) is 3.70. The highest BCUT2D eigenvalue weighted by Crippen LogP contribution is 2.20. The van der Waals surface area contributed by atoms with E-state index in [1.807, 2.05) is 13.0 Å². The van der Waals surface area contributed by atoms with Crippen LogP contribution in [0.15, 0.2) is 12.3 Å². The van der Waals surface area contributed by atoms with Gasteiger partial charge in [-0.05, 0) is 51.4 Å². The summed E-state index contributed by atoms with van der Waals surface area (Å²) in [5, 5.41) is 12.5. The first-order chi connectivity index (χ1) is 9.60. The van der Waals surface area contributed by atoms with E-state index in [2.05, 4.69) is 22.1 Å². The van der Waals surface area contributed by atoms with E-state index < -0.39 is 5.97 Å². The first-order valence-corrected chi connectivity index (χ1v) is 7.26. The van der Waals surface area contributed by atoms with Crippen LogP contribution in [0.4, 0.5) is 5.69 Å². The molecule has 1 aromatic rings. The highest BCUT2D eigenvalue weighted by Gasteiger charge is 2.19.